The fraction of sp³-hybridized carbons (Fsp3) is 0.647. The van der Waals surface area contributed by atoms with Gasteiger partial charge in [-0.2, -0.15) is 0 Å². The molecular weight excluding hydrogens is 253 g/mol. The molecule has 3 atom stereocenters. The van der Waals surface area contributed by atoms with E-state index in [1.54, 1.807) is 6.07 Å². The van der Waals surface area contributed by atoms with E-state index in [2.05, 4.69) is 26.1 Å². The summed E-state index contributed by atoms with van der Waals surface area (Å²) < 4.78 is 13.4. The van der Waals surface area contributed by atoms with Crippen molar-refractivity contribution in [2.24, 2.45) is 16.7 Å². The van der Waals surface area contributed by atoms with Gasteiger partial charge in [0.15, 0.2) is 11.6 Å². The smallest absolute Gasteiger partial charge is 0.165 e. The molecule has 20 heavy (non-hydrogen) atoms. The molecule has 2 saturated carbocycles. The highest BCUT2D eigenvalue weighted by Gasteiger charge is 2.60. The monoisotopic (exact) mass is 277 g/mol. The van der Waals surface area contributed by atoms with E-state index in [0.29, 0.717) is 23.4 Å². The van der Waals surface area contributed by atoms with Gasteiger partial charge in [-0.05, 0) is 53.7 Å². The lowest BCUT2D eigenvalue weighted by Gasteiger charge is -2.39. The van der Waals surface area contributed by atoms with Crippen LogP contribution in [0.3, 0.4) is 0 Å². The molecule has 0 amide bonds. The molecule has 1 aromatic carbocycles. The molecule has 0 spiro atoms. The van der Waals surface area contributed by atoms with Crippen LogP contribution in [0.15, 0.2) is 18.2 Å². The van der Waals surface area contributed by atoms with Crippen LogP contribution >= 0.6 is 0 Å². The van der Waals surface area contributed by atoms with E-state index in [9.17, 15) is 9.50 Å². The molecule has 3 heteroatoms. The third-order valence-corrected chi connectivity index (χ3v) is 6.36. The molecule has 0 saturated heterocycles. The molecule has 2 aliphatic rings. The molecule has 110 valence electrons. The van der Waals surface area contributed by atoms with E-state index in [4.69, 9.17) is 0 Å². The zero-order valence-corrected chi connectivity index (χ0v) is 12.5. The van der Waals surface area contributed by atoms with Gasteiger partial charge in [0.25, 0.3) is 0 Å². The van der Waals surface area contributed by atoms with Gasteiger partial charge in [-0.1, -0.05) is 26.8 Å². The predicted octanol–water partition coefficient (Wildman–Crippen LogP) is 3.84. The SMILES string of the molecule is CC1(C)C2CCC1(C)C(NCc1ccc(O)c(F)c1)C2. The highest BCUT2D eigenvalue weighted by Crippen LogP contribution is 2.65. The Kier molecular flexibility index (Phi) is 3.09. The highest BCUT2D eigenvalue weighted by atomic mass is 19.1. The number of benzene rings is 1. The quantitative estimate of drug-likeness (QED) is 0.880. The fourth-order valence-electron chi connectivity index (χ4n) is 4.41. The maximum atomic E-state index is 13.4. The molecular formula is C17H24FNO. The maximum absolute atomic E-state index is 13.4. The van der Waals surface area contributed by atoms with E-state index in [1.807, 2.05) is 0 Å². The molecule has 2 bridgehead atoms. The first-order valence-corrected chi connectivity index (χ1v) is 7.55. The summed E-state index contributed by atoms with van der Waals surface area (Å²) >= 11 is 0. The Morgan fingerprint density at radius 3 is 2.65 bits per heavy atom. The number of phenols is 1. The highest BCUT2D eigenvalue weighted by molar-refractivity contribution is 5.28. The Morgan fingerprint density at radius 2 is 2.10 bits per heavy atom. The predicted molar refractivity (Wildman–Crippen MR) is 77.9 cm³/mol. The van der Waals surface area contributed by atoms with Crippen molar-refractivity contribution >= 4 is 0 Å². The van der Waals surface area contributed by atoms with Gasteiger partial charge in [-0.3, -0.25) is 0 Å². The number of fused-ring (bicyclic) bond motifs is 2. The lowest BCUT2D eigenvalue weighted by molar-refractivity contribution is 0.120. The summed E-state index contributed by atoms with van der Waals surface area (Å²) in [5.74, 6) is -0.00731. The zero-order chi connectivity index (χ0) is 14.5. The van der Waals surface area contributed by atoms with Crippen LogP contribution in [0.2, 0.25) is 0 Å². The van der Waals surface area contributed by atoms with Crippen molar-refractivity contribution in [1.82, 2.24) is 5.32 Å². The van der Waals surface area contributed by atoms with Crippen LogP contribution in [0.25, 0.3) is 0 Å². The van der Waals surface area contributed by atoms with Crippen LogP contribution in [0.1, 0.15) is 45.6 Å². The van der Waals surface area contributed by atoms with Crippen LogP contribution in [-0.4, -0.2) is 11.1 Å². The van der Waals surface area contributed by atoms with Gasteiger partial charge < -0.3 is 10.4 Å². The Morgan fingerprint density at radius 1 is 1.35 bits per heavy atom. The first-order chi connectivity index (χ1) is 9.34. The van der Waals surface area contributed by atoms with E-state index in [0.717, 1.165) is 11.5 Å². The minimum absolute atomic E-state index is 0.276. The number of halogens is 1. The summed E-state index contributed by atoms with van der Waals surface area (Å²) in [6.45, 7) is 7.86. The number of rotatable bonds is 3. The second-order valence-electron chi connectivity index (χ2n) is 7.33. The van der Waals surface area contributed by atoms with Crippen molar-refractivity contribution in [1.29, 1.82) is 0 Å². The van der Waals surface area contributed by atoms with Crippen molar-refractivity contribution in [3.63, 3.8) is 0 Å². The molecule has 2 nitrogen and oxygen atoms in total. The molecule has 0 heterocycles. The van der Waals surface area contributed by atoms with E-state index < -0.39 is 5.82 Å². The van der Waals surface area contributed by atoms with Gasteiger partial charge >= 0.3 is 0 Å². The normalized spacial score (nSPS) is 34.6. The second-order valence-corrected chi connectivity index (χ2v) is 7.33. The Balaban J connectivity index is 1.69. The van der Waals surface area contributed by atoms with Crippen LogP contribution < -0.4 is 5.32 Å². The molecule has 1 aromatic rings. The Labute approximate surface area is 120 Å². The third-order valence-electron chi connectivity index (χ3n) is 6.36. The van der Waals surface area contributed by atoms with Gasteiger partial charge in [0.1, 0.15) is 0 Å². The summed E-state index contributed by atoms with van der Waals surface area (Å²) in [4.78, 5) is 0. The summed E-state index contributed by atoms with van der Waals surface area (Å²) in [6, 6.07) is 5.14. The lowest BCUT2D eigenvalue weighted by atomic mass is 9.69. The molecule has 0 radical (unpaired) electrons. The van der Waals surface area contributed by atoms with Gasteiger partial charge in [-0.15, -0.1) is 0 Å². The van der Waals surface area contributed by atoms with Gasteiger partial charge in [-0.25, -0.2) is 4.39 Å². The fourth-order valence-corrected chi connectivity index (χ4v) is 4.41. The first-order valence-electron chi connectivity index (χ1n) is 7.55. The standard InChI is InChI=1S/C17H24FNO/c1-16(2)12-6-7-17(16,3)15(9-12)19-10-11-4-5-14(20)13(18)8-11/h4-5,8,12,15,19-20H,6-7,9-10H2,1-3H3. The van der Waals surface area contributed by atoms with Crippen LogP contribution in [0.5, 0.6) is 5.75 Å². The van der Waals surface area contributed by atoms with E-state index >= 15 is 0 Å². The van der Waals surface area contributed by atoms with Crippen molar-refractivity contribution in [3.8, 4) is 5.75 Å². The van der Waals surface area contributed by atoms with Gasteiger partial charge in [0, 0.05) is 12.6 Å². The second kappa shape index (κ2) is 4.45. The number of nitrogens with one attached hydrogen (secondary N) is 1. The van der Waals surface area contributed by atoms with Crippen molar-refractivity contribution in [3.05, 3.63) is 29.6 Å². The molecule has 3 unspecified atom stereocenters. The topological polar surface area (TPSA) is 32.3 Å². The van der Waals surface area contributed by atoms with Crippen molar-refractivity contribution in [2.45, 2.75) is 52.6 Å². The first kappa shape index (κ1) is 13.9. The van der Waals surface area contributed by atoms with E-state index in [-0.39, 0.29) is 5.75 Å². The Hall–Kier alpha value is -1.09. The summed E-state index contributed by atoms with van der Waals surface area (Å²) in [6.07, 6.45) is 3.85. The van der Waals surface area contributed by atoms with Gasteiger partial charge in [0.05, 0.1) is 0 Å². The number of phenolic OH excluding ortho intramolecular Hbond substituents is 1. The maximum Gasteiger partial charge on any atom is 0.165 e. The molecule has 2 aliphatic carbocycles. The molecule has 2 N–H and O–H groups in total. The molecule has 2 fully saturated rings. The van der Waals surface area contributed by atoms with E-state index in [1.165, 1.54) is 31.4 Å². The molecule has 3 rings (SSSR count). The number of aromatic hydroxyl groups is 1. The van der Waals surface area contributed by atoms with Crippen molar-refractivity contribution < 1.29 is 9.50 Å². The Bertz CT molecular complexity index is 528. The summed E-state index contributed by atoms with van der Waals surface area (Å²) in [5, 5.41) is 12.8. The van der Waals surface area contributed by atoms with Crippen LogP contribution in [-0.2, 0) is 6.54 Å². The lowest BCUT2D eigenvalue weighted by Crippen LogP contribution is -2.44. The number of hydrogen-bond acceptors (Lipinski definition) is 2. The molecule has 0 aromatic heterocycles. The average Bonchev–Trinajstić information content (AvgIpc) is 2.73. The third kappa shape index (κ3) is 1.86. The minimum Gasteiger partial charge on any atom is -0.505 e. The largest absolute Gasteiger partial charge is 0.505 e. The zero-order valence-electron chi connectivity index (χ0n) is 12.5. The minimum atomic E-state index is -0.538. The number of hydrogen-bond donors (Lipinski definition) is 2. The average molecular weight is 277 g/mol. The van der Waals surface area contributed by atoms with Crippen LogP contribution in [0, 0.1) is 22.6 Å². The molecule has 0 aliphatic heterocycles. The van der Waals surface area contributed by atoms with Crippen LogP contribution in [0.4, 0.5) is 4.39 Å². The van der Waals surface area contributed by atoms with Crippen molar-refractivity contribution in [2.75, 3.05) is 0 Å². The summed E-state index contributed by atoms with van der Waals surface area (Å²) in [7, 11) is 0. The van der Waals surface area contributed by atoms with Gasteiger partial charge in [0.2, 0.25) is 0 Å². The summed E-state index contributed by atoms with van der Waals surface area (Å²) in [5.41, 5.74) is 1.63.